The van der Waals surface area contributed by atoms with Crippen molar-refractivity contribution in [2.45, 2.75) is 45.5 Å². The first-order chi connectivity index (χ1) is 13.8. The minimum Gasteiger partial charge on any atom is -0.367 e. The van der Waals surface area contributed by atoms with Crippen molar-refractivity contribution in [2.75, 3.05) is 20.2 Å². The van der Waals surface area contributed by atoms with Gasteiger partial charge in [-0.2, -0.15) is 13.2 Å². The Morgan fingerprint density at radius 3 is 2.45 bits per heavy atom. The number of thiazole rings is 1. The zero-order chi connectivity index (χ0) is 21.3. The van der Waals surface area contributed by atoms with Crippen LogP contribution in [0.1, 0.15) is 41.6 Å². The highest BCUT2D eigenvalue weighted by Gasteiger charge is 2.27. The highest BCUT2D eigenvalue weighted by Crippen LogP contribution is 2.19. The fourth-order valence-corrected chi connectivity index (χ4v) is 3.33. The molecule has 2 aromatic rings. The van der Waals surface area contributed by atoms with Gasteiger partial charge >= 0.3 is 6.18 Å². The molecule has 9 heteroatoms. The minimum atomic E-state index is -4.30. The van der Waals surface area contributed by atoms with Gasteiger partial charge in [-0.3, -0.25) is 4.99 Å². The lowest BCUT2D eigenvalue weighted by molar-refractivity contribution is -0.176. The number of aliphatic imine (C=N–C) groups is 1. The van der Waals surface area contributed by atoms with E-state index in [-0.39, 0.29) is 6.61 Å². The van der Waals surface area contributed by atoms with Gasteiger partial charge in [0.15, 0.2) is 5.96 Å². The van der Waals surface area contributed by atoms with Gasteiger partial charge in [-0.05, 0) is 11.1 Å². The maximum absolute atomic E-state index is 12.1. The molecule has 0 amide bonds. The summed E-state index contributed by atoms with van der Waals surface area (Å²) < 4.78 is 41.0. The maximum Gasteiger partial charge on any atom is 0.411 e. The molecule has 0 saturated carbocycles. The van der Waals surface area contributed by atoms with E-state index in [1.54, 1.807) is 30.5 Å². The van der Waals surface area contributed by atoms with Crippen LogP contribution in [0, 0.1) is 0 Å². The predicted molar refractivity (Wildman–Crippen MR) is 110 cm³/mol. The predicted octanol–water partition coefficient (Wildman–Crippen LogP) is 4.25. The van der Waals surface area contributed by atoms with Crippen LogP contribution in [0.15, 0.2) is 34.6 Å². The highest BCUT2D eigenvalue weighted by molar-refractivity contribution is 7.09. The zero-order valence-corrected chi connectivity index (χ0v) is 17.7. The van der Waals surface area contributed by atoms with Crippen LogP contribution in [0.5, 0.6) is 0 Å². The second kappa shape index (κ2) is 11.2. The van der Waals surface area contributed by atoms with Gasteiger partial charge in [-0.1, -0.05) is 38.1 Å². The molecule has 0 spiro atoms. The van der Waals surface area contributed by atoms with Gasteiger partial charge in [-0.25, -0.2) is 4.98 Å². The summed E-state index contributed by atoms with van der Waals surface area (Å²) in [7, 11) is 1.70. The van der Waals surface area contributed by atoms with Crippen LogP contribution in [0.2, 0.25) is 0 Å². The topological polar surface area (TPSA) is 58.5 Å². The number of hydrogen-bond acceptors (Lipinski definition) is 4. The molecule has 5 nitrogen and oxygen atoms in total. The third-order valence-electron chi connectivity index (χ3n) is 3.98. The number of nitrogens with one attached hydrogen (secondary N) is 2. The molecule has 0 radical (unpaired) electrons. The Morgan fingerprint density at radius 1 is 1.17 bits per heavy atom. The molecule has 1 aromatic carbocycles. The van der Waals surface area contributed by atoms with E-state index in [2.05, 4.69) is 44.6 Å². The zero-order valence-electron chi connectivity index (χ0n) is 16.8. The normalized spacial score (nSPS) is 12.4. The van der Waals surface area contributed by atoms with Gasteiger partial charge in [0.2, 0.25) is 0 Å². The third kappa shape index (κ3) is 8.82. The lowest BCUT2D eigenvalue weighted by Crippen LogP contribution is -2.37. The fourth-order valence-electron chi connectivity index (χ4n) is 2.46. The van der Waals surface area contributed by atoms with Crippen molar-refractivity contribution < 1.29 is 17.9 Å². The van der Waals surface area contributed by atoms with Gasteiger partial charge in [0.25, 0.3) is 0 Å². The smallest absolute Gasteiger partial charge is 0.367 e. The number of aromatic nitrogens is 1. The monoisotopic (exact) mass is 428 g/mol. The van der Waals surface area contributed by atoms with Gasteiger partial charge < -0.3 is 15.4 Å². The van der Waals surface area contributed by atoms with E-state index in [4.69, 9.17) is 0 Å². The summed E-state index contributed by atoms with van der Waals surface area (Å²) in [5, 5.41) is 9.71. The molecule has 0 aliphatic heterocycles. The standard InChI is InChI=1S/C20H27F3N4OS/c1-14(2)18-27-17(12-29-18)8-9-25-19(24-3)26-10-15-4-6-16(7-5-15)11-28-13-20(21,22)23/h4-7,12,14H,8-11,13H2,1-3H3,(H2,24,25,26). The molecule has 0 unspecified atom stereocenters. The van der Waals surface area contributed by atoms with Gasteiger partial charge in [0.1, 0.15) is 6.61 Å². The molecule has 1 heterocycles. The summed E-state index contributed by atoms with van der Waals surface area (Å²) in [5.41, 5.74) is 2.77. The first kappa shape index (κ1) is 23.2. The van der Waals surface area contributed by atoms with Crippen molar-refractivity contribution in [1.82, 2.24) is 15.6 Å². The fraction of sp³-hybridized carbons (Fsp3) is 0.500. The third-order valence-corrected chi connectivity index (χ3v) is 5.17. The van der Waals surface area contributed by atoms with E-state index in [1.807, 2.05) is 12.1 Å². The summed E-state index contributed by atoms with van der Waals surface area (Å²) >= 11 is 1.69. The van der Waals surface area contributed by atoms with Crippen LogP contribution in [0.3, 0.4) is 0 Å². The molecule has 0 aliphatic carbocycles. The minimum absolute atomic E-state index is 0.0639. The number of guanidine groups is 1. The molecule has 160 valence electrons. The second-order valence-electron chi connectivity index (χ2n) is 6.86. The SMILES string of the molecule is CN=C(NCCc1csc(C(C)C)n1)NCc1ccc(COCC(F)(F)F)cc1. The van der Waals surface area contributed by atoms with Crippen molar-refractivity contribution in [3.8, 4) is 0 Å². The lowest BCUT2D eigenvalue weighted by Gasteiger charge is -2.12. The molecule has 1 aromatic heterocycles. The summed E-state index contributed by atoms with van der Waals surface area (Å²) in [6.07, 6.45) is -3.49. The Balaban J connectivity index is 1.71. The maximum atomic E-state index is 12.1. The average molecular weight is 429 g/mol. The van der Waals surface area contributed by atoms with Crippen LogP contribution < -0.4 is 10.6 Å². The Bertz CT molecular complexity index is 773. The quantitative estimate of drug-likeness (QED) is 0.463. The van der Waals surface area contributed by atoms with Crippen LogP contribution in [0.4, 0.5) is 13.2 Å². The Kier molecular flexibility index (Phi) is 8.91. The number of nitrogens with zero attached hydrogens (tertiary/aromatic N) is 2. The van der Waals surface area contributed by atoms with E-state index in [0.29, 0.717) is 24.0 Å². The number of ether oxygens (including phenoxy) is 1. The Hall–Kier alpha value is -2.13. The van der Waals surface area contributed by atoms with Gasteiger partial charge in [0.05, 0.1) is 17.3 Å². The molecule has 0 aliphatic rings. The Labute approximate surface area is 173 Å². The highest BCUT2D eigenvalue weighted by atomic mass is 32.1. The van der Waals surface area contributed by atoms with Crippen LogP contribution in [-0.4, -0.2) is 37.3 Å². The molecule has 29 heavy (non-hydrogen) atoms. The van der Waals surface area contributed by atoms with Crippen LogP contribution in [0.25, 0.3) is 0 Å². The number of rotatable bonds is 9. The molecule has 2 rings (SSSR count). The van der Waals surface area contributed by atoms with Gasteiger partial charge in [-0.15, -0.1) is 11.3 Å². The van der Waals surface area contributed by atoms with Crippen molar-refractivity contribution in [3.05, 3.63) is 51.5 Å². The van der Waals surface area contributed by atoms with Gasteiger partial charge in [0, 0.05) is 37.9 Å². The lowest BCUT2D eigenvalue weighted by atomic mass is 10.1. The second-order valence-corrected chi connectivity index (χ2v) is 7.75. The molecule has 2 N–H and O–H groups in total. The summed E-state index contributed by atoms with van der Waals surface area (Å²) in [6, 6.07) is 7.24. The van der Waals surface area contributed by atoms with Crippen LogP contribution >= 0.6 is 11.3 Å². The molecule has 0 fully saturated rings. The number of alkyl halides is 3. The summed E-state index contributed by atoms with van der Waals surface area (Å²) in [4.78, 5) is 8.81. The summed E-state index contributed by atoms with van der Waals surface area (Å²) in [6.45, 7) is 4.24. The van der Waals surface area contributed by atoms with Crippen molar-refractivity contribution in [3.63, 3.8) is 0 Å². The number of benzene rings is 1. The molecule has 0 saturated heterocycles. The van der Waals surface area contributed by atoms with E-state index in [9.17, 15) is 13.2 Å². The molecule has 0 bridgehead atoms. The van der Waals surface area contributed by atoms with Crippen LogP contribution in [-0.2, 0) is 24.3 Å². The van der Waals surface area contributed by atoms with Crippen molar-refractivity contribution in [1.29, 1.82) is 0 Å². The van der Waals surface area contributed by atoms with Crippen molar-refractivity contribution >= 4 is 17.3 Å². The summed E-state index contributed by atoms with van der Waals surface area (Å²) in [5.74, 6) is 1.13. The average Bonchev–Trinajstić information content (AvgIpc) is 3.14. The van der Waals surface area contributed by atoms with E-state index >= 15 is 0 Å². The Morgan fingerprint density at radius 2 is 1.86 bits per heavy atom. The van der Waals surface area contributed by atoms with Crippen molar-refractivity contribution in [2.24, 2.45) is 4.99 Å². The largest absolute Gasteiger partial charge is 0.411 e. The first-order valence-corrected chi connectivity index (χ1v) is 10.3. The van der Waals surface area contributed by atoms with E-state index < -0.39 is 12.8 Å². The first-order valence-electron chi connectivity index (χ1n) is 9.38. The number of halogens is 3. The number of hydrogen-bond donors (Lipinski definition) is 2. The van der Waals surface area contributed by atoms with E-state index in [1.165, 1.54) is 0 Å². The van der Waals surface area contributed by atoms with E-state index in [0.717, 1.165) is 29.2 Å². The molecular formula is C20H27F3N4OS. The molecule has 0 atom stereocenters. The molecular weight excluding hydrogens is 401 g/mol.